The minimum Gasteiger partial charge on any atom is -0.475 e. The Labute approximate surface area is 177 Å². The Morgan fingerprint density at radius 2 is 1.94 bits per heavy atom. The Balaban J connectivity index is 0.000000339. The molecule has 0 saturated carbocycles. The molecular weight excluding hydrogens is 421 g/mol. The molecule has 0 spiro atoms. The van der Waals surface area contributed by atoms with Crippen LogP contribution < -0.4 is 4.90 Å². The number of piperidine rings is 1. The zero-order valence-electron chi connectivity index (χ0n) is 16.8. The number of carboxylic acids is 1. The van der Waals surface area contributed by atoms with E-state index in [0.29, 0.717) is 19.8 Å². The molecule has 1 N–H and O–H groups in total. The first-order valence-electron chi connectivity index (χ1n) is 10.1. The molecule has 0 bridgehead atoms. The summed E-state index contributed by atoms with van der Waals surface area (Å²) in [6.45, 7) is 3.73. The number of nitrogens with zero attached hydrogens (tertiary/aromatic N) is 4. The number of rotatable bonds is 2. The van der Waals surface area contributed by atoms with Crippen molar-refractivity contribution in [2.24, 2.45) is 11.8 Å². The first-order valence-corrected chi connectivity index (χ1v) is 10.1. The topological polar surface area (TPSA) is 105 Å². The number of alkyl halides is 3. The predicted molar refractivity (Wildman–Crippen MR) is 101 cm³/mol. The van der Waals surface area contributed by atoms with Crippen molar-refractivity contribution in [3.05, 3.63) is 18.6 Å². The van der Waals surface area contributed by atoms with E-state index in [4.69, 9.17) is 19.5 Å². The number of aromatic nitrogens is 2. The molecule has 4 heterocycles. The second-order valence-electron chi connectivity index (χ2n) is 7.55. The summed E-state index contributed by atoms with van der Waals surface area (Å²) in [5, 5.41) is 8.72. The maximum absolute atomic E-state index is 13.0. The Bertz CT molecular complexity index is 746. The molecule has 1 aromatic heterocycles. The summed E-state index contributed by atoms with van der Waals surface area (Å²) in [5.41, 5.74) is 0. The fraction of sp³-hybridized carbons (Fsp3) is 0.684. The molecule has 9 nitrogen and oxygen atoms in total. The van der Waals surface area contributed by atoms with Crippen LogP contribution in [0.15, 0.2) is 18.6 Å². The molecule has 12 heteroatoms. The Morgan fingerprint density at radius 3 is 2.55 bits per heavy atom. The number of anilines is 1. The van der Waals surface area contributed by atoms with Crippen molar-refractivity contribution in [2.75, 3.05) is 37.7 Å². The first kappa shape index (κ1) is 23.2. The van der Waals surface area contributed by atoms with Crippen LogP contribution in [0.4, 0.5) is 19.0 Å². The summed E-state index contributed by atoms with van der Waals surface area (Å²) in [6.07, 6.45) is 2.17. The van der Waals surface area contributed by atoms with Crippen molar-refractivity contribution >= 4 is 17.7 Å². The lowest BCUT2D eigenvalue weighted by molar-refractivity contribution is -0.208. The van der Waals surface area contributed by atoms with Gasteiger partial charge in [0, 0.05) is 44.3 Å². The average molecular weight is 446 g/mol. The second kappa shape index (κ2) is 10.2. The van der Waals surface area contributed by atoms with E-state index in [9.17, 15) is 18.0 Å². The number of ether oxygens (including phenoxy) is 1. The highest BCUT2D eigenvalue weighted by Gasteiger charge is 2.43. The van der Waals surface area contributed by atoms with E-state index in [0.717, 1.165) is 44.6 Å². The lowest BCUT2D eigenvalue weighted by Gasteiger charge is -2.45. The van der Waals surface area contributed by atoms with Crippen LogP contribution in [-0.4, -0.2) is 77.1 Å². The van der Waals surface area contributed by atoms with Gasteiger partial charge >= 0.3 is 12.1 Å². The summed E-state index contributed by atoms with van der Waals surface area (Å²) in [6, 6.07) is 1.93. The summed E-state index contributed by atoms with van der Waals surface area (Å²) in [7, 11) is 0. The van der Waals surface area contributed by atoms with E-state index in [-0.39, 0.29) is 23.8 Å². The largest absolute Gasteiger partial charge is 0.490 e. The van der Waals surface area contributed by atoms with Crippen LogP contribution in [0, 0.1) is 11.8 Å². The Kier molecular flexibility index (Phi) is 7.65. The van der Waals surface area contributed by atoms with Crippen LogP contribution in [0.1, 0.15) is 25.7 Å². The van der Waals surface area contributed by atoms with E-state index in [1.807, 2.05) is 6.07 Å². The fourth-order valence-electron chi connectivity index (χ4n) is 4.06. The molecular formula is C19H25F3N4O5. The van der Waals surface area contributed by atoms with Gasteiger partial charge in [-0.1, -0.05) is 0 Å². The molecule has 0 aliphatic carbocycles. The second-order valence-corrected chi connectivity index (χ2v) is 7.55. The van der Waals surface area contributed by atoms with Gasteiger partial charge in [0.05, 0.1) is 12.7 Å². The quantitative estimate of drug-likeness (QED) is 0.735. The van der Waals surface area contributed by atoms with Gasteiger partial charge in [0.1, 0.15) is 12.1 Å². The average Bonchev–Trinajstić information content (AvgIpc) is 2.79. The smallest absolute Gasteiger partial charge is 0.475 e. The number of carbonyl (C=O) groups excluding carboxylic acids is 1. The van der Waals surface area contributed by atoms with Crippen LogP contribution in [0.3, 0.4) is 0 Å². The molecule has 0 aromatic carbocycles. The third-order valence-corrected chi connectivity index (χ3v) is 5.57. The lowest BCUT2D eigenvalue weighted by Crippen LogP contribution is -2.54. The molecule has 4 rings (SSSR count). The summed E-state index contributed by atoms with van der Waals surface area (Å²) < 4.78 is 37.7. The summed E-state index contributed by atoms with van der Waals surface area (Å²) >= 11 is 0. The summed E-state index contributed by atoms with van der Waals surface area (Å²) in [5.74, 6) is -1.52. The van der Waals surface area contributed by atoms with Gasteiger partial charge in [-0.2, -0.15) is 13.2 Å². The number of hydrogen-bond donors (Lipinski definition) is 1. The van der Waals surface area contributed by atoms with Crippen molar-refractivity contribution in [3.8, 4) is 0 Å². The molecule has 0 unspecified atom stereocenters. The number of hydroxylamine groups is 2. The van der Waals surface area contributed by atoms with Gasteiger partial charge in [0.2, 0.25) is 5.91 Å². The molecule has 3 fully saturated rings. The minimum absolute atomic E-state index is 0.0218. The van der Waals surface area contributed by atoms with Crippen molar-refractivity contribution in [1.29, 1.82) is 0 Å². The number of carboxylic acid groups (broad SMARTS) is 1. The van der Waals surface area contributed by atoms with Gasteiger partial charge in [0.25, 0.3) is 0 Å². The van der Waals surface area contributed by atoms with Gasteiger partial charge < -0.3 is 14.7 Å². The van der Waals surface area contributed by atoms with Crippen molar-refractivity contribution in [3.63, 3.8) is 0 Å². The van der Waals surface area contributed by atoms with Crippen LogP contribution in [0.5, 0.6) is 0 Å². The van der Waals surface area contributed by atoms with Crippen molar-refractivity contribution in [1.82, 2.24) is 15.0 Å². The molecule has 3 atom stereocenters. The standard InChI is InChI=1S/C17H24N4O3.C2HF3O2/c22-17(21-7-1-2-9-24-21)13-5-10-23-15-4-8-20(11-14(13)15)16-3-6-18-12-19-16;3-2(4,5)1(6)7/h3,6,12-15H,1-2,4-5,7-11H2;(H,6,7)/t13-,14+,15-;/m1./s1. The third kappa shape index (κ3) is 6.03. The van der Waals surface area contributed by atoms with Crippen LogP contribution in [0.2, 0.25) is 0 Å². The molecule has 3 aliphatic heterocycles. The number of aliphatic carboxylic acids is 1. The van der Waals surface area contributed by atoms with E-state index >= 15 is 0 Å². The van der Waals surface area contributed by atoms with Gasteiger partial charge in [-0.15, -0.1) is 0 Å². The molecule has 31 heavy (non-hydrogen) atoms. The minimum atomic E-state index is -5.08. The van der Waals surface area contributed by atoms with Crippen LogP contribution in [-0.2, 0) is 19.2 Å². The SMILES string of the molecule is O=C(O)C(F)(F)F.O=C([C@@H]1CCO[C@@H]2CCN(c3ccncn3)C[C@H]21)N1CCCCO1. The highest BCUT2D eigenvalue weighted by Crippen LogP contribution is 2.35. The van der Waals surface area contributed by atoms with Gasteiger partial charge in [0.15, 0.2) is 0 Å². The number of hydrogen-bond acceptors (Lipinski definition) is 7. The van der Waals surface area contributed by atoms with E-state index in [1.54, 1.807) is 17.6 Å². The van der Waals surface area contributed by atoms with Crippen LogP contribution in [0.25, 0.3) is 0 Å². The number of fused-ring (bicyclic) bond motifs is 1. The number of halogens is 3. The lowest BCUT2D eigenvalue weighted by atomic mass is 9.79. The third-order valence-electron chi connectivity index (χ3n) is 5.57. The molecule has 1 aromatic rings. The van der Waals surface area contributed by atoms with E-state index < -0.39 is 12.1 Å². The van der Waals surface area contributed by atoms with Crippen LogP contribution >= 0.6 is 0 Å². The fourth-order valence-corrected chi connectivity index (χ4v) is 4.06. The van der Waals surface area contributed by atoms with Gasteiger partial charge in [-0.3, -0.25) is 9.63 Å². The van der Waals surface area contributed by atoms with E-state index in [2.05, 4.69) is 14.9 Å². The number of carbonyl (C=O) groups is 2. The number of amides is 1. The molecule has 3 aliphatic rings. The van der Waals surface area contributed by atoms with Gasteiger partial charge in [-0.25, -0.2) is 19.8 Å². The monoisotopic (exact) mass is 446 g/mol. The first-order chi connectivity index (χ1) is 14.8. The van der Waals surface area contributed by atoms with Crippen molar-refractivity contribution in [2.45, 2.75) is 38.0 Å². The summed E-state index contributed by atoms with van der Waals surface area (Å²) in [4.78, 5) is 38.0. The molecule has 3 saturated heterocycles. The normalized spacial score (nSPS) is 26.4. The maximum Gasteiger partial charge on any atom is 0.490 e. The molecule has 0 radical (unpaired) electrons. The Hall–Kier alpha value is -2.47. The maximum atomic E-state index is 13.0. The Morgan fingerprint density at radius 1 is 1.16 bits per heavy atom. The predicted octanol–water partition coefficient (Wildman–Crippen LogP) is 1.90. The highest BCUT2D eigenvalue weighted by atomic mass is 19.4. The van der Waals surface area contributed by atoms with E-state index in [1.165, 1.54) is 0 Å². The molecule has 1 amide bonds. The zero-order valence-corrected chi connectivity index (χ0v) is 16.8. The molecule has 172 valence electrons. The highest BCUT2D eigenvalue weighted by molar-refractivity contribution is 5.78. The van der Waals surface area contributed by atoms with Gasteiger partial charge in [-0.05, 0) is 31.7 Å². The zero-order chi connectivity index (χ0) is 22.4. The van der Waals surface area contributed by atoms with Crippen molar-refractivity contribution < 1.29 is 37.4 Å².